The molecule has 110 valence electrons. The first-order valence-corrected chi connectivity index (χ1v) is 7.01. The molecule has 0 spiro atoms. The van der Waals surface area contributed by atoms with Crippen LogP contribution in [-0.4, -0.2) is 30.7 Å². The minimum Gasteiger partial charge on any atom is -0.504 e. The summed E-state index contributed by atoms with van der Waals surface area (Å²) in [5.41, 5.74) is 6.18. The summed E-state index contributed by atoms with van der Waals surface area (Å²) in [4.78, 5) is 12.1. The maximum absolute atomic E-state index is 12.1. The fourth-order valence-corrected chi connectivity index (χ4v) is 2.72. The number of carbonyl (C=O) groups excluding carboxylic acids is 1. The monoisotopic (exact) mass is 278 g/mol. The highest BCUT2D eigenvalue weighted by Crippen LogP contribution is 2.29. The third kappa shape index (κ3) is 3.42. The lowest BCUT2D eigenvalue weighted by molar-refractivity contribution is 0.0939. The molecule has 1 aliphatic carbocycles. The van der Waals surface area contributed by atoms with Crippen molar-refractivity contribution >= 4 is 5.91 Å². The van der Waals surface area contributed by atoms with Crippen LogP contribution in [0.15, 0.2) is 18.2 Å². The molecule has 2 unspecified atom stereocenters. The van der Waals surface area contributed by atoms with Crippen LogP contribution in [0.1, 0.15) is 36.0 Å². The molecule has 4 N–H and O–H groups in total. The molecule has 20 heavy (non-hydrogen) atoms. The molecule has 0 radical (unpaired) electrons. The van der Waals surface area contributed by atoms with Gasteiger partial charge in [-0.3, -0.25) is 4.79 Å². The lowest BCUT2D eigenvalue weighted by atomic mass is 9.86. The highest BCUT2D eigenvalue weighted by atomic mass is 16.5. The van der Waals surface area contributed by atoms with Crippen molar-refractivity contribution in [1.29, 1.82) is 0 Å². The van der Waals surface area contributed by atoms with E-state index in [2.05, 4.69) is 5.32 Å². The lowest BCUT2D eigenvalue weighted by Gasteiger charge is -2.26. The second kappa shape index (κ2) is 6.61. The van der Waals surface area contributed by atoms with Gasteiger partial charge in [0, 0.05) is 12.6 Å². The van der Waals surface area contributed by atoms with Gasteiger partial charge in [0.25, 0.3) is 5.91 Å². The zero-order chi connectivity index (χ0) is 14.5. The second-order valence-electron chi connectivity index (χ2n) is 5.36. The van der Waals surface area contributed by atoms with Crippen molar-refractivity contribution in [1.82, 2.24) is 5.32 Å². The van der Waals surface area contributed by atoms with Crippen molar-refractivity contribution in [2.45, 2.75) is 31.7 Å². The largest absolute Gasteiger partial charge is 0.504 e. The summed E-state index contributed by atoms with van der Waals surface area (Å²) in [6.45, 7) is 0.600. The van der Waals surface area contributed by atoms with Crippen LogP contribution < -0.4 is 15.8 Å². The maximum atomic E-state index is 12.1. The zero-order valence-electron chi connectivity index (χ0n) is 11.8. The number of hydrogen-bond donors (Lipinski definition) is 3. The fourth-order valence-electron chi connectivity index (χ4n) is 2.72. The molecule has 1 fully saturated rings. The van der Waals surface area contributed by atoms with Gasteiger partial charge in [0.05, 0.1) is 12.7 Å². The standard InChI is InChI=1S/C15H22N2O3/c1-20-13-7-3-6-12(14(13)18)15(19)17-9-10-4-2-5-11(16)8-10/h3,6-7,10-11,18H,2,4-5,8-9,16H2,1H3,(H,17,19). The Morgan fingerprint density at radius 3 is 3.00 bits per heavy atom. The molecule has 5 nitrogen and oxygen atoms in total. The third-order valence-electron chi connectivity index (χ3n) is 3.84. The van der Waals surface area contributed by atoms with E-state index in [1.807, 2.05) is 0 Å². The number of benzene rings is 1. The fraction of sp³-hybridized carbons (Fsp3) is 0.533. The summed E-state index contributed by atoms with van der Waals surface area (Å²) in [7, 11) is 1.46. The van der Waals surface area contributed by atoms with E-state index >= 15 is 0 Å². The predicted octanol–water partition coefficient (Wildman–Crippen LogP) is 1.65. The Hall–Kier alpha value is -1.75. The predicted molar refractivity (Wildman–Crippen MR) is 76.9 cm³/mol. The van der Waals surface area contributed by atoms with Crippen LogP contribution >= 0.6 is 0 Å². The van der Waals surface area contributed by atoms with E-state index < -0.39 is 0 Å². The van der Waals surface area contributed by atoms with Gasteiger partial charge in [0.2, 0.25) is 0 Å². The zero-order valence-corrected chi connectivity index (χ0v) is 11.8. The number of rotatable bonds is 4. The molecule has 1 aromatic carbocycles. The highest BCUT2D eigenvalue weighted by molar-refractivity contribution is 5.97. The summed E-state index contributed by atoms with van der Waals surface area (Å²) < 4.78 is 5.00. The molecule has 0 aromatic heterocycles. The second-order valence-corrected chi connectivity index (χ2v) is 5.36. The molecule has 0 bridgehead atoms. The van der Waals surface area contributed by atoms with Crippen molar-refractivity contribution in [2.75, 3.05) is 13.7 Å². The maximum Gasteiger partial charge on any atom is 0.255 e. The molecular formula is C15H22N2O3. The van der Waals surface area contributed by atoms with E-state index in [4.69, 9.17) is 10.5 Å². The number of nitrogens with one attached hydrogen (secondary N) is 1. The number of phenolic OH excluding ortho intramolecular Hbond substituents is 1. The number of methoxy groups -OCH3 is 1. The van der Waals surface area contributed by atoms with Crippen molar-refractivity contribution in [3.8, 4) is 11.5 Å². The van der Waals surface area contributed by atoms with Gasteiger partial charge in [-0.05, 0) is 37.3 Å². The first-order chi connectivity index (χ1) is 9.61. The number of aromatic hydroxyl groups is 1. The Bertz CT molecular complexity index is 476. The Kier molecular flexibility index (Phi) is 4.84. The van der Waals surface area contributed by atoms with Gasteiger partial charge in [0.1, 0.15) is 0 Å². The lowest BCUT2D eigenvalue weighted by Crippen LogP contribution is -2.35. The van der Waals surface area contributed by atoms with Gasteiger partial charge in [0.15, 0.2) is 11.5 Å². The molecule has 1 aromatic rings. The van der Waals surface area contributed by atoms with Crippen molar-refractivity contribution in [3.63, 3.8) is 0 Å². The molecule has 5 heteroatoms. The Morgan fingerprint density at radius 2 is 2.30 bits per heavy atom. The molecule has 2 rings (SSSR count). The van der Waals surface area contributed by atoms with Crippen LogP contribution in [-0.2, 0) is 0 Å². The number of carbonyl (C=O) groups is 1. The molecule has 0 aliphatic heterocycles. The van der Waals surface area contributed by atoms with Crippen molar-refractivity contribution < 1.29 is 14.6 Å². The van der Waals surface area contributed by atoms with Gasteiger partial charge in [-0.15, -0.1) is 0 Å². The first kappa shape index (κ1) is 14.7. The Morgan fingerprint density at radius 1 is 1.50 bits per heavy atom. The molecule has 1 amide bonds. The van der Waals surface area contributed by atoms with E-state index in [1.54, 1.807) is 18.2 Å². The van der Waals surface area contributed by atoms with E-state index in [1.165, 1.54) is 7.11 Å². The highest BCUT2D eigenvalue weighted by Gasteiger charge is 2.21. The number of para-hydroxylation sites is 1. The van der Waals surface area contributed by atoms with Gasteiger partial charge < -0.3 is 20.9 Å². The summed E-state index contributed by atoms with van der Waals surface area (Å²) in [6.07, 6.45) is 4.23. The van der Waals surface area contributed by atoms with Gasteiger partial charge in [-0.25, -0.2) is 0 Å². The van der Waals surface area contributed by atoms with Crippen LogP contribution in [0.4, 0.5) is 0 Å². The van der Waals surface area contributed by atoms with Crippen LogP contribution in [0.25, 0.3) is 0 Å². The molecular weight excluding hydrogens is 256 g/mol. The normalized spacial score (nSPS) is 22.3. The van der Waals surface area contributed by atoms with Crippen molar-refractivity contribution in [3.05, 3.63) is 23.8 Å². The molecule has 0 saturated heterocycles. The summed E-state index contributed by atoms with van der Waals surface area (Å²) >= 11 is 0. The Balaban J connectivity index is 1.95. The van der Waals surface area contributed by atoms with Gasteiger partial charge in [-0.1, -0.05) is 12.5 Å². The van der Waals surface area contributed by atoms with E-state index in [0.717, 1.165) is 25.7 Å². The van der Waals surface area contributed by atoms with Crippen molar-refractivity contribution in [2.24, 2.45) is 11.7 Å². The van der Waals surface area contributed by atoms with E-state index in [9.17, 15) is 9.90 Å². The van der Waals surface area contributed by atoms with Crippen LogP contribution in [0, 0.1) is 5.92 Å². The molecule has 0 heterocycles. The summed E-state index contributed by atoms with van der Waals surface area (Å²) in [6, 6.07) is 5.13. The average Bonchev–Trinajstić information content (AvgIpc) is 2.45. The molecule has 2 atom stereocenters. The smallest absolute Gasteiger partial charge is 0.255 e. The van der Waals surface area contributed by atoms with Gasteiger partial charge >= 0.3 is 0 Å². The number of hydrogen-bond acceptors (Lipinski definition) is 4. The number of amides is 1. The topological polar surface area (TPSA) is 84.6 Å². The van der Waals surface area contributed by atoms with Crippen LogP contribution in [0.5, 0.6) is 11.5 Å². The third-order valence-corrected chi connectivity index (χ3v) is 3.84. The first-order valence-electron chi connectivity index (χ1n) is 7.01. The van der Waals surface area contributed by atoms with Crippen LogP contribution in [0.3, 0.4) is 0 Å². The molecule has 1 aliphatic rings. The minimum atomic E-state index is -0.277. The quantitative estimate of drug-likeness (QED) is 0.782. The SMILES string of the molecule is COc1cccc(C(=O)NCC2CCCC(N)C2)c1O. The average molecular weight is 278 g/mol. The van der Waals surface area contributed by atoms with Crippen LogP contribution in [0.2, 0.25) is 0 Å². The number of phenols is 1. The summed E-state index contributed by atoms with van der Waals surface area (Å²) in [5, 5.41) is 12.8. The van der Waals surface area contributed by atoms with E-state index in [-0.39, 0.29) is 23.3 Å². The summed E-state index contributed by atoms with van der Waals surface area (Å²) in [5.74, 6) is 0.334. The number of nitrogens with two attached hydrogens (primary N) is 1. The number of ether oxygens (including phenoxy) is 1. The van der Waals surface area contributed by atoms with Gasteiger partial charge in [-0.2, -0.15) is 0 Å². The Labute approximate surface area is 119 Å². The van der Waals surface area contributed by atoms with E-state index in [0.29, 0.717) is 18.2 Å². The minimum absolute atomic E-state index is 0.118. The molecule has 1 saturated carbocycles.